The van der Waals surface area contributed by atoms with Crippen LogP contribution in [0.25, 0.3) is 0 Å². The Balaban J connectivity index is 2.67. The van der Waals surface area contributed by atoms with Crippen LogP contribution in [0.5, 0.6) is 0 Å². The SMILES string of the molecule is NC(=O)CC#Cc1ccc(F)nc1. The number of halogens is 1. The number of primary amides is 1. The van der Waals surface area contributed by atoms with Gasteiger partial charge in [0.2, 0.25) is 11.9 Å². The van der Waals surface area contributed by atoms with Crippen LogP contribution in [0.3, 0.4) is 0 Å². The van der Waals surface area contributed by atoms with E-state index in [4.69, 9.17) is 5.73 Å². The monoisotopic (exact) mass is 178 g/mol. The third-order valence-corrected chi connectivity index (χ3v) is 1.22. The fourth-order valence-electron chi connectivity index (χ4n) is 0.683. The Morgan fingerprint density at radius 2 is 2.38 bits per heavy atom. The van der Waals surface area contributed by atoms with Gasteiger partial charge < -0.3 is 5.73 Å². The summed E-state index contributed by atoms with van der Waals surface area (Å²) in [6.45, 7) is 0. The molecule has 1 rings (SSSR count). The van der Waals surface area contributed by atoms with Crippen LogP contribution in [0.15, 0.2) is 18.3 Å². The highest BCUT2D eigenvalue weighted by Gasteiger charge is 1.90. The van der Waals surface area contributed by atoms with Crippen molar-refractivity contribution in [2.75, 3.05) is 0 Å². The molecule has 1 heterocycles. The Hall–Kier alpha value is -1.89. The maximum atomic E-state index is 12.3. The molecule has 0 aliphatic heterocycles. The number of carbonyl (C=O) groups is 1. The molecule has 0 radical (unpaired) electrons. The van der Waals surface area contributed by atoms with Crippen LogP contribution < -0.4 is 5.73 Å². The number of nitrogens with zero attached hydrogens (tertiary/aromatic N) is 1. The number of aromatic nitrogens is 1. The maximum absolute atomic E-state index is 12.3. The molecule has 0 bridgehead atoms. The van der Waals surface area contributed by atoms with E-state index in [2.05, 4.69) is 16.8 Å². The third-order valence-electron chi connectivity index (χ3n) is 1.22. The van der Waals surface area contributed by atoms with Crippen molar-refractivity contribution in [3.63, 3.8) is 0 Å². The van der Waals surface area contributed by atoms with Gasteiger partial charge in [-0.3, -0.25) is 4.79 Å². The quantitative estimate of drug-likeness (QED) is 0.501. The molecule has 1 aromatic rings. The Bertz CT molecular complexity index is 361. The first-order valence-electron chi connectivity index (χ1n) is 3.57. The number of rotatable bonds is 1. The lowest BCUT2D eigenvalue weighted by Gasteiger charge is -1.87. The van der Waals surface area contributed by atoms with Gasteiger partial charge in [-0.05, 0) is 12.1 Å². The second-order valence-electron chi connectivity index (χ2n) is 2.31. The number of nitrogens with two attached hydrogens (primary N) is 1. The van der Waals surface area contributed by atoms with E-state index >= 15 is 0 Å². The highest BCUT2D eigenvalue weighted by molar-refractivity contribution is 5.76. The normalized spacial score (nSPS) is 8.69. The van der Waals surface area contributed by atoms with Crippen molar-refractivity contribution < 1.29 is 9.18 Å². The van der Waals surface area contributed by atoms with Gasteiger partial charge in [0.1, 0.15) is 0 Å². The molecule has 0 unspecified atom stereocenters. The van der Waals surface area contributed by atoms with E-state index in [0.717, 1.165) is 0 Å². The number of carbonyl (C=O) groups excluding carboxylic acids is 1. The smallest absolute Gasteiger partial charge is 0.229 e. The Labute approximate surface area is 74.8 Å². The lowest BCUT2D eigenvalue weighted by atomic mass is 10.3. The molecule has 1 aromatic heterocycles. The Morgan fingerprint density at radius 3 is 2.92 bits per heavy atom. The van der Waals surface area contributed by atoms with Crippen molar-refractivity contribution in [1.82, 2.24) is 4.98 Å². The minimum absolute atomic E-state index is 0.00260. The predicted octanol–water partition coefficient (Wildman–Crippen LogP) is 0.448. The van der Waals surface area contributed by atoms with Gasteiger partial charge in [-0.25, -0.2) is 4.98 Å². The van der Waals surface area contributed by atoms with Crippen molar-refractivity contribution in [2.24, 2.45) is 5.73 Å². The van der Waals surface area contributed by atoms with Gasteiger partial charge in [0, 0.05) is 11.8 Å². The standard InChI is InChI=1S/C9H7FN2O/c10-8-5-4-7(6-12-8)2-1-3-9(11)13/h4-6H,3H2,(H2,11,13). The molecule has 2 N–H and O–H groups in total. The predicted molar refractivity (Wildman–Crippen MR) is 44.9 cm³/mol. The van der Waals surface area contributed by atoms with Crippen molar-refractivity contribution in [1.29, 1.82) is 0 Å². The lowest BCUT2D eigenvalue weighted by molar-refractivity contribution is -0.117. The molecule has 0 atom stereocenters. The largest absolute Gasteiger partial charge is 0.369 e. The number of hydrogen-bond acceptors (Lipinski definition) is 2. The molecule has 0 aliphatic carbocycles. The van der Waals surface area contributed by atoms with Crippen molar-refractivity contribution in [3.05, 3.63) is 29.8 Å². The van der Waals surface area contributed by atoms with E-state index in [9.17, 15) is 9.18 Å². The molecule has 0 aromatic carbocycles. The molecule has 4 heteroatoms. The molecular weight excluding hydrogens is 171 g/mol. The number of amides is 1. The molecule has 0 aliphatic rings. The first-order valence-corrected chi connectivity index (χ1v) is 3.57. The summed E-state index contributed by atoms with van der Waals surface area (Å²) in [6.07, 6.45) is 1.29. The van der Waals surface area contributed by atoms with Crippen LogP contribution in [-0.2, 0) is 4.79 Å². The van der Waals surface area contributed by atoms with Gasteiger partial charge in [-0.15, -0.1) is 0 Å². The van der Waals surface area contributed by atoms with E-state index in [1.54, 1.807) is 0 Å². The fourth-order valence-corrected chi connectivity index (χ4v) is 0.683. The second kappa shape index (κ2) is 4.21. The van der Waals surface area contributed by atoms with Gasteiger partial charge in [-0.1, -0.05) is 11.8 Å². The number of pyridine rings is 1. The summed E-state index contributed by atoms with van der Waals surface area (Å²) in [6, 6.07) is 2.69. The molecule has 0 spiro atoms. The van der Waals surface area contributed by atoms with Crippen LogP contribution in [0.1, 0.15) is 12.0 Å². The summed E-state index contributed by atoms with van der Waals surface area (Å²) < 4.78 is 12.3. The highest BCUT2D eigenvalue weighted by Crippen LogP contribution is 1.96. The van der Waals surface area contributed by atoms with Gasteiger partial charge >= 0.3 is 0 Å². The zero-order valence-corrected chi connectivity index (χ0v) is 6.75. The summed E-state index contributed by atoms with van der Waals surface area (Å²) in [7, 11) is 0. The first kappa shape index (κ1) is 9.20. The summed E-state index contributed by atoms with van der Waals surface area (Å²) in [5, 5.41) is 0. The van der Waals surface area contributed by atoms with Gasteiger partial charge in [0.05, 0.1) is 6.42 Å². The maximum Gasteiger partial charge on any atom is 0.229 e. The molecule has 3 nitrogen and oxygen atoms in total. The van der Waals surface area contributed by atoms with Crippen molar-refractivity contribution >= 4 is 5.91 Å². The number of hydrogen-bond donors (Lipinski definition) is 1. The molecular formula is C9H7FN2O. The van der Waals surface area contributed by atoms with Gasteiger partial charge in [-0.2, -0.15) is 4.39 Å². The third kappa shape index (κ3) is 3.34. The summed E-state index contributed by atoms with van der Waals surface area (Å²) >= 11 is 0. The van der Waals surface area contributed by atoms with Crippen LogP contribution >= 0.6 is 0 Å². The molecule has 13 heavy (non-hydrogen) atoms. The summed E-state index contributed by atoms with van der Waals surface area (Å²) in [5.74, 6) is 4.12. The molecule has 66 valence electrons. The molecule has 0 saturated carbocycles. The molecule has 0 fully saturated rings. The van der Waals surface area contributed by atoms with E-state index in [1.807, 2.05) is 0 Å². The van der Waals surface area contributed by atoms with Gasteiger partial charge in [0.15, 0.2) is 0 Å². The van der Waals surface area contributed by atoms with E-state index in [1.165, 1.54) is 18.3 Å². The van der Waals surface area contributed by atoms with E-state index in [0.29, 0.717) is 5.56 Å². The van der Waals surface area contributed by atoms with Crippen LogP contribution in [0.4, 0.5) is 4.39 Å². The van der Waals surface area contributed by atoms with Crippen LogP contribution in [-0.4, -0.2) is 10.9 Å². The minimum Gasteiger partial charge on any atom is -0.369 e. The van der Waals surface area contributed by atoms with Gasteiger partial charge in [0.25, 0.3) is 0 Å². The van der Waals surface area contributed by atoms with E-state index < -0.39 is 11.9 Å². The Kier molecular flexibility index (Phi) is 2.98. The summed E-state index contributed by atoms with van der Waals surface area (Å²) in [5.41, 5.74) is 5.42. The van der Waals surface area contributed by atoms with Crippen LogP contribution in [0, 0.1) is 17.8 Å². The lowest BCUT2D eigenvalue weighted by Crippen LogP contribution is -2.08. The molecule has 0 saturated heterocycles. The minimum atomic E-state index is -0.555. The average Bonchev–Trinajstić information content (AvgIpc) is 2.08. The molecule has 1 amide bonds. The topological polar surface area (TPSA) is 56.0 Å². The average molecular weight is 178 g/mol. The zero-order valence-electron chi connectivity index (χ0n) is 6.75. The van der Waals surface area contributed by atoms with Crippen molar-refractivity contribution in [3.8, 4) is 11.8 Å². The highest BCUT2D eigenvalue weighted by atomic mass is 19.1. The van der Waals surface area contributed by atoms with E-state index in [-0.39, 0.29) is 6.42 Å². The Morgan fingerprint density at radius 1 is 1.62 bits per heavy atom. The van der Waals surface area contributed by atoms with Crippen molar-refractivity contribution in [2.45, 2.75) is 6.42 Å². The fraction of sp³-hybridized carbons (Fsp3) is 0.111. The first-order chi connectivity index (χ1) is 6.18. The summed E-state index contributed by atoms with van der Waals surface area (Å²) in [4.78, 5) is 13.7. The zero-order chi connectivity index (χ0) is 9.68. The van der Waals surface area contributed by atoms with Crippen LogP contribution in [0.2, 0.25) is 0 Å². The second-order valence-corrected chi connectivity index (χ2v) is 2.31.